The Labute approximate surface area is 116 Å². The van der Waals surface area contributed by atoms with Crippen molar-refractivity contribution >= 4 is 23.4 Å². The lowest BCUT2D eigenvalue weighted by atomic mass is 10.2. The summed E-state index contributed by atoms with van der Waals surface area (Å²) in [5, 5.41) is 2.59. The number of imide groups is 1. The number of nitrogens with two attached hydrogens (primary N) is 1. The molecule has 0 spiro atoms. The average molecular weight is 278 g/mol. The van der Waals surface area contributed by atoms with Crippen molar-refractivity contribution in [3.05, 3.63) is 18.0 Å². The van der Waals surface area contributed by atoms with Crippen molar-refractivity contribution in [3.8, 4) is 0 Å². The van der Waals surface area contributed by atoms with Gasteiger partial charge in [0.05, 0.1) is 12.1 Å². The van der Waals surface area contributed by atoms with Crippen molar-refractivity contribution in [2.24, 2.45) is 0 Å². The minimum atomic E-state index is -0.786. The molecule has 1 unspecified atom stereocenters. The third kappa shape index (κ3) is 2.52. The second kappa shape index (κ2) is 5.36. The number of carbonyl (C=O) groups is 3. The summed E-state index contributed by atoms with van der Waals surface area (Å²) in [5.74, 6) is -1.06. The zero-order valence-corrected chi connectivity index (χ0v) is 11.5. The molecule has 2 rings (SSSR count). The molecule has 1 aromatic heterocycles. The van der Waals surface area contributed by atoms with Gasteiger partial charge < -0.3 is 15.6 Å². The Morgan fingerprint density at radius 2 is 2.20 bits per heavy atom. The molecule has 108 valence electrons. The Morgan fingerprint density at radius 1 is 1.50 bits per heavy atom. The van der Waals surface area contributed by atoms with Gasteiger partial charge in [-0.05, 0) is 12.5 Å². The second-order valence-corrected chi connectivity index (χ2v) is 4.87. The predicted molar refractivity (Wildman–Crippen MR) is 72.8 cm³/mol. The fraction of sp³-hybridized carbons (Fsp3) is 0.462. The number of amides is 3. The zero-order chi connectivity index (χ0) is 14.9. The Hall–Kier alpha value is -2.31. The van der Waals surface area contributed by atoms with Crippen molar-refractivity contribution in [1.29, 1.82) is 0 Å². The largest absolute Gasteiger partial charge is 0.397 e. The minimum Gasteiger partial charge on any atom is -0.397 e. The molecule has 1 aliphatic heterocycles. The quantitative estimate of drug-likeness (QED) is 0.756. The molecule has 0 aliphatic carbocycles. The van der Waals surface area contributed by atoms with Crippen molar-refractivity contribution < 1.29 is 14.4 Å². The molecule has 1 saturated heterocycles. The molecule has 7 nitrogen and oxygen atoms in total. The number of likely N-dealkylation sites (tertiary alicyclic amines) is 1. The van der Waals surface area contributed by atoms with Crippen LogP contribution < -0.4 is 11.1 Å². The van der Waals surface area contributed by atoms with E-state index in [0.717, 1.165) is 11.3 Å². The molecule has 0 saturated carbocycles. The highest BCUT2D eigenvalue weighted by Gasteiger charge is 2.37. The van der Waals surface area contributed by atoms with Crippen LogP contribution in [0.15, 0.2) is 12.3 Å². The molecule has 7 heteroatoms. The van der Waals surface area contributed by atoms with Crippen LogP contribution in [0, 0.1) is 0 Å². The number of likely N-dealkylation sites (N-methyl/N-ethyl adjacent to an activating group) is 1. The first-order valence-electron chi connectivity index (χ1n) is 6.51. The van der Waals surface area contributed by atoms with E-state index in [9.17, 15) is 14.4 Å². The SMILES string of the molecule is CCCn1cc(N)cc1C(=O)NC1CC(=O)N(C)C1=O. The first-order chi connectivity index (χ1) is 9.43. The van der Waals surface area contributed by atoms with Crippen LogP contribution >= 0.6 is 0 Å². The Bertz CT molecular complexity index is 564. The van der Waals surface area contributed by atoms with Gasteiger partial charge in [0.1, 0.15) is 11.7 Å². The van der Waals surface area contributed by atoms with Gasteiger partial charge in [-0.1, -0.05) is 6.92 Å². The molecule has 2 heterocycles. The maximum Gasteiger partial charge on any atom is 0.268 e. The van der Waals surface area contributed by atoms with Crippen LogP contribution in [0.2, 0.25) is 0 Å². The first-order valence-corrected chi connectivity index (χ1v) is 6.51. The molecule has 0 aromatic carbocycles. The van der Waals surface area contributed by atoms with Crippen molar-refractivity contribution in [1.82, 2.24) is 14.8 Å². The summed E-state index contributed by atoms with van der Waals surface area (Å²) < 4.78 is 1.75. The lowest BCUT2D eigenvalue weighted by Crippen LogP contribution is -2.41. The van der Waals surface area contributed by atoms with Gasteiger partial charge >= 0.3 is 0 Å². The molecule has 0 bridgehead atoms. The molecule has 3 N–H and O–H groups in total. The summed E-state index contributed by atoms with van der Waals surface area (Å²) in [4.78, 5) is 36.4. The number of carbonyl (C=O) groups excluding carboxylic acids is 3. The van der Waals surface area contributed by atoms with Crippen LogP contribution in [0.3, 0.4) is 0 Å². The molecule has 1 fully saturated rings. The molecule has 20 heavy (non-hydrogen) atoms. The van der Waals surface area contributed by atoms with Crippen molar-refractivity contribution in [2.45, 2.75) is 32.4 Å². The van der Waals surface area contributed by atoms with Crippen molar-refractivity contribution in [2.75, 3.05) is 12.8 Å². The Morgan fingerprint density at radius 3 is 2.75 bits per heavy atom. The monoisotopic (exact) mass is 278 g/mol. The van der Waals surface area contributed by atoms with Crippen LogP contribution in [-0.4, -0.2) is 40.3 Å². The number of nitrogen functional groups attached to an aromatic ring is 1. The number of anilines is 1. The van der Waals surface area contributed by atoms with Gasteiger partial charge in [0.15, 0.2) is 0 Å². The van der Waals surface area contributed by atoms with E-state index < -0.39 is 11.9 Å². The molecular formula is C13H18N4O3. The van der Waals surface area contributed by atoms with E-state index in [-0.39, 0.29) is 18.2 Å². The van der Waals surface area contributed by atoms with E-state index in [2.05, 4.69) is 5.32 Å². The molecular weight excluding hydrogens is 260 g/mol. The van der Waals surface area contributed by atoms with E-state index in [1.165, 1.54) is 7.05 Å². The number of nitrogens with one attached hydrogen (secondary N) is 1. The van der Waals surface area contributed by atoms with Gasteiger partial charge in [0, 0.05) is 19.8 Å². The van der Waals surface area contributed by atoms with E-state index in [1.807, 2.05) is 6.92 Å². The summed E-state index contributed by atoms with van der Waals surface area (Å²) in [6, 6.07) is 0.780. The predicted octanol–water partition coefficient (Wildman–Crippen LogP) is -0.0326. The van der Waals surface area contributed by atoms with E-state index in [4.69, 9.17) is 5.73 Å². The Kier molecular flexibility index (Phi) is 3.78. The van der Waals surface area contributed by atoms with Gasteiger partial charge in [0.25, 0.3) is 11.8 Å². The third-order valence-electron chi connectivity index (χ3n) is 3.30. The lowest BCUT2D eigenvalue weighted by molar-refractivity contribution is -0.137. The number of hydrogen-bond donors (Lipinski definition) is 2. The average Bonchev–Trinajstić information content (AvgIpc) is 2.87. The molecule has 0 radical (unpaired) electrons. The van der Waals surface area contributed by atoms with Gasteiger partial charge in [-0.2, -0.15) is 0 Å². The van der Waals surface area contributed by atoms with E-state index in [1.54, 1.807) is 16.8 Å². The van der Waals surface area contributed by atoms with Crippen LogP contribution in [-0.2, 0) is 16.1 Å². The van der Waals surface area contributed by atoms with Gasteiger partial charge in [0.2, 0.25) is 5.91 Å². The Balaban J connectivity index is 2.13. The summed E-state index contributed by atoms with van der Waals surface area (Å²) in [7, 11) is 1.41. The second-order valence-electron chi connectivity index (χ2n) is 4.87. The van der Waals surface area contributed by atoms with E-state index in [0.29, 0.717) is 17.9 Å². The number of hydrogen-bond acceptors (Lipinski definition) is 4. The number of rotatable bonds is 4. The number of nitrogens with zero attached hydrogens (tertiary/aromatic N) is 2. The maximum atomic E-state index is 12.2. The lowest BCUT2D eigenvalue weighted by Gasteiger charge is -2.12. The van der Waals surface area contributed by atoms with E-state index >= 15 is 0 Å². The molecule has 1 aliphatic rings. The summed E-state index contributed by atoms with van der Waals surface area (Å²) >= 11 is 0. The highest BCUT2D eigenvalue weighted by molar-refractivity contribution is 6.07. The van der Waals surface area contributed by atoms with Crippen molar-refractivity contribution in [3.63, 3.8) is 0 Å². The highest BCUT2D eigenvalue weighted by Crippen LogP contribution is 2.14. The van der Waals surface area contributed by atoms with Gasteiger partial charge in [-0.25, -0.2) is 0 Å². The first kappa shape index (κ1) is 14.1. The van der Waals surface area contributed by atoms with Crippen LogP contribution in [0.1, 0.15) is 30.3 Å². The van der Waals surface area contributed by atoms with Crippen LogP contribution in [0.5, 0.6) is 0 Å². The van der Waals surface area contributed by atoms with Crippen LogP contribution in [0.4, 0.5) is 5.69 Å². The highest BCUT2D eigenvalue weighted by atomic mass is 16.2. The fourth-order valence-corrected chi connectivity index (χ4v) is 2.25. The smallest absolute Gasteiger partial charge is 0.268 e. The third-order valence-corrected chi connectivity index (χ3v) is 3.30. The van der Waals surface area contributed by atoms with Gasteiger partial charge in [-0.3, -0.25) is 19.3 Å². The summed E-state index contributed by atoms with van der Waals surface area (Å²) in [6.45, 7) is 2.66. The summed E-state index contributed by atoms with van der Waals surface area (Å²) in [5.41, 5.74) is 6.59. The van der Waals surface area contributed by atoms with Crippen LogP contribution in [0.25, 0.3) is 0 Å². The minimum absolute atomic E-state index is 0.00500. The topological polar surface area (TPSA) is 97.4 Å². The number of aromatic nitrogens is 1. The zero-order valence-electron chi connectivity index (χ0n) is 11.5. The molecule has 1 atom stereocenters. The molecule has 3 amide bonds. The molecule has 1 aromatic rings. The van der Waals surface area contributed by atoms with Gasteiger partial charge in [-0.15, -0.1) is 0 Å². The number of aryl methyl sites for hydroxylation is 1. The summed E-state index contributed by atoms with van der Waals surface area (Å²) in [6.07, 6.45) is 2.55. The maximum absolute atomic E-state index is 12.2. The normalized spacial score (nSPS) is 18.7. The fourth-order valence-electron chi connectivity index (χ4n) is 2.25. The standard InChI is InChI=1S/C13H18N4O3/c1-3-4-17-7-8(14)5-10(17)12(19)15-9-6-11(18)16(2)13(9)20/h5,7,9H,3-4,6,14H2,1-2H3,(H,15,19).